The summed E-state index contributed by atoms with van der Waals surface area (Å²) in [6.45, 7) is 3.70. The molecule has 0 bridgehead atoms. The second-order valence-electron chi connectivity index (χ2n) is 4.88. The summed E-state index contributed by atoms with van der Waals surface area (Å²) in [6, 6.07) is 6.29. The van der Waals surface area contributed by atoms with Crippen LogP contribution in [0.3, 0.4) is 0 Å². The van der Waals surface area contributed by atoms with Crippen molar-refractivity contribution in [2.75, 3.05) is 0 Å². The Hall–Kier alpha value is -1.46. The molecule has 2 nitrogen and oxygen atoms in total. The molecule has 1 aromatic carbocycles. The van der Waals surface area contributed by atoms with E-state index in [-0.39, 0.29) is 11.6 Å². The first-order valence-corrected chi connectivity index (χ1v) is 7.85. The molecule has 0 aliphatic carbocycles. The Morgan fingerprint density at radius 3 is 2.62 bits per heavy atom. The van der Waals surface area contributed by atoms with Crippen LogP contribution in [0.2, 0.25) is 0 Å². The van der Waals surface area contributed by atoms with Crippen molar-refractivity contribution in [3.8, 4) is 0 Å². The molecule has 0 amide bonds. The van der Waals surface area contributed by atoms with Crippen LogP contribution in [0.15, 0.2) is 29.6 Å². The molecular formula is C15H13ClF2N2S. The quantitative estimate of drug-likeness (QED) is 0.598. The highest BCUT2D eigenvalue weighted by molar-refractivity contribution is 7.10. The third kappa shape index (κ3) is 2.34. The van der Waals surface area contributed by atoms with Gasteiger partial charge < -0.3 is 4.57 Å². The Morgan fingerprint density at radius 2 is 2.00 bits per heavy atom. The van der Waals surface area contributed by atoms with Crippen molar-refractivity contribution >= 4 is 34.0 Å². The van der Waals surface area contributed by atoms with E-state index >= 15 is 0 Å². The van der Waals surface area contributed by atoms with Crippen LogP contribution in [0.1, 0.15) is 36.0 Å². The van der Waals surface area contributed by atoms with Crippen LogP contribution in [0.4, 0.5) is 8.78 Å². The lowest BCUT2D eigenvalue weighted by Gasteiger charge is -2.17. The Balaban J connectivity index is 2.32. The van der Waals surface area contributed by atoms with Crippen molar-refractivity contribution in [1.29, 1.82) is 0 Å². The SMILES string of the molecule is CC(Cl)c1nc2ccc(F)c(F)c2n1C(C)c1cccs1. The zero-order valence-electron chi connectivity index (χ0n) is 11.5. The molecule has 3 rings (SSSR count). The summed E-state index contributed by atoms with van der Waals surface area (Å²) in [4.78, 5) is 5.41. The van der Waals surface area contributed by atoms with E-state index in [0.29, 0.717) is 11.3 Å². The Kier molecular flexibility index (Phi) is 3.71. The lowest BCUT2D eigenvalue weighted by atomic mass is 10.2. The second-order valence-corrected chi connectivity index (χ2v) is 6.51. The number of halogens is 3. The maximum absolute atomic E-state index is 14.3. The van der Waals surface area contributed by atoms with Gasteiger partial charge in [-0.2, -0.15) is 0 Å². The van der Waals surface area contributed by atoms with Crippen LogP contribution in [-0.4, -0.2) is 9.55 Å². The van der Waals surface area contributed by atoms with E-state index in [9.17, 15) is 8.78 Å². The van der Waals surface area contributed by atoms with Crippen molar-refractivity contribution < 1.29 is 8.78 Å². The molecule has 0 radical (unpaired) electrons. The third-order valence-corrected chi connectivity index (χ3v) is 4.71. The van der Waals surface area contributed by atoms with Gasteiger partial charge >= 0.3 is 0 Å². The Bertz CT molecular complexity index is 781. The average Bonchev–Trinajstić information content (AvgIpc) is 3.09. The van der Waals surface area contributed by atoms with E-state index in [1.165, 1.54) is 6.07 Å². The van der Waals surface area contributed by atoms with E-state index in [2.05, 4.69) is 4.98 Å². The first-order chi connectivity index (χ1) is 10.0. The fraction of sp³-hybridized carbons (Fsp3) is 0.267. The number of imidazole rings is 1. The monoisotopic (exact) mass is 326 g/mol. The lowest BCUT2D eigenvalue weighted by Crippen LogP contribution is -2.11. The van der Waals surface area contributed by atoms with Crippen molar-refractivity contribution in [2.24, 2.45) is 0 Å². The van der Waals surface area contributed by atoms with E-state index in [1.54, 1.807) is 22.8 Å². The molecular weight excluding hydrogens is 314 g/mol. The van der Waals surface area contributed by atoms with E-state index in [0.717, 1.165) is 10.9 Å². The van der Waals surface area contributed by atoms with Crippen molar-refractivity contribution in [1.82, 2.24) is 9.55 Å². The minimum atomic E-state index is -0.882. The highest BCUT2D eigenvalue weighted by atomic mass is 35.5. The highest BCUT2D eigenvalue weighted by Crippen LogP contribution is 2.34. The number of benzene rings is 1. The fourth-order valence-electron chi connectivity index (χ4n) is 2.47. The summed E-state index contributed by atoms with van der Waals surface area (Å²) in [7, 11) is 0. The molecule has 0 saturated heterocycles. The Labute approximate surface area is 130 Å². The molecule has 2 heterocycles. The number of fused-ring (bicyclic) bond motifs is 1. The van der Waals surface area contributed by atoms with Gasteiger partial charge in [-0.15, -0.1) is 22.9 Å². The van der Waals surface area contributed by atoms with Gasteiger partial charge in [0, 0.05) is 4.88 Å². The maximum atomic E-state index is 14.3. The molecule has 0 fully saturated rings. The number of rotatable bonds is 3. The zero-order chi connectivity index (χ0) is 15.1. The summed E-state index contributed by atoms with van der Waals surface area (Å²) in [5.41, 5.74) is 0.582. The van der Waals surface area contributed by atoms with E-state index < -0.39 is 17.0 Å². The normalized spacial score (nSPS) is 14.5. The van der Waals surface area contributed by atoms with Gasteiger partial charge in [0.2, 0.25) is 0 Å². The van der Waals surface area contributed by atoms with Crippen LogP contribution < -0.4 is 0 Å². The summed E-state index contributed by atoms with van der Waals surface area (Å²) in [6.07, 6.45) is 0. The predicted molar refractivity (Wildman–Crippen MR) is 82.0 cm³/mol. The van der Waals surface area contributed by atoms with E-state index in [1.807, 2.05) is 24.4 Å². The molecule has 2 atom stereocenters. The van der Waals surface area contributed by atoms with Gasteiger partial charge in [0.25, 0.3) is 0 Å². The zero-order valence-corrected chi connectivity index (χ0v) is 13.1. The topological polar surface area (TPSA) is 17.8 Å². The fourth-order valence-corrected chi connectivity index (χ4v) is 3.40. The summed E-state index contributed by atoms with van der Waals surface area (Å²) >= 11 is 7.74. The third-order valence-electron chi connectivity index (χ3n) is 3.47. The van der Waals surface area contributed by atoms with Gasteiger partial charge in [-0.3, -0.25) is 0 Å². The number of hydrogen-bond donors (Lipinski definition) is 0. The number of thiophene rings is 1. The first-order valence-electron chi connectivity index (χ1n) is 6.54. The molecule has 0 aliphatic rings. The number of aromatic nitrogens is 2. The van der Waals surface area contributed by atoms with Crippen LogP contribution >= 0.6 is 22.9 Å². The van der Waals surface area contributed by atoms with Gasteiger partial charge in [0.05, 0.1) is 16.9 Å². The molecule has 0 spiro atoms. The van der Waals surface area contributed by atoms with Crippen molar-refractivity contribution in [2.45, 2.75) is 25.3 Å². The molecule has 0 aliphatic heterocycles. The summed E-state index contributed by atoms with van der Waals surface area (Å²) < 4.78 is 29.6. The molecule has 0 saturated carbocycles. The van der Waals surface area contributed by atoms with Crippen molar-refractivity contribution in [3.63, 3.8) is 0 Å². The number of hydrogen-bond acceptors (Lipinski definition) is 2. The maximum Gasteiger partial charge on any atom is 0.184 e. The van der Waals surface area contributed by atoms with Crippen LogP contribution in [0, 0.1) is 11.6 Å². The average molecular weight is 327 g/mol. The highest BCUT2D eigenvalue weighted by Gasteiger charge is 2.24. The van der Waals surface area contributed by atoms with E-state index in [4.69, 9.17) is 11.6 Å². The molecule has 110 valence electrons. The molecule has 2 aromatic heterocycles. The summed E-state index contributed by atoms with van der Waals surface area (Å²) in [5.74, 6) is -1.22. The van der Waals surface area contributed by atoms with Crippen LogP contribution in [0.5, 0.6) is 0 Å². The standard InChI is InChI=1S/C15H13ClF2N2S/c1-8(16)15-19-11-6-5-10(17)13(18)14(11)20(15)9(2)12-4-3-7-21-12/h3-9H,1-2H3. The van der Waals surface area contributed by atoms with Gasteiger partial charge in [0.1, 0.15) is 11.3 Å². The summed E-state index contributed by atoms with van der Waals surface area (Å²) in [5, 5.41) is 1.55. The second kappa shape index (κ2) is 5.39. The first kappa shape index (κ1) is 14.5. The largest absolute Gasteiger partial charge is 0.316 e. The van der Waals surface area contributed by atoms with Gasteiger partial charge in [-0.05, 0) is 37.4 Å². The molecule has 2 unspecified atom stereocenters. The molecule has 0 N–H and O–H groups in total. The molecule has 3 aromatic rings. The van der Waals surface area contributed by atoms with Crippen molar-refractivity contribution in [3.05, 3.63) is 52.0 Å². The molecule has 21 heavy (non-hydrogen) atoms. The Morgan fingerprint density at radius 1 is 1.24 bits per heavy atom. The van der Waals surface area contributed by atoms with Crippen LogP contribution in [0.25, 0.3) is 11.0 Å². The smallest absolute Gasteiger partial charge is 0.184 e. The number of nitrogens with zero attached hydrogens (tertiary/aromatic N) is 2. The molecule has 6 heteroatoms. The lowest BCUT2D eigenvalue weighted by molar-refractivity contribution is 0.507. The van der Waals surface area contributed by atoms with Crippen LogP contribution in [-0.2, 0) is 0 Å². The van der Waals surface area contributed by atoms with Gasteiger partial charge in [-0.25, -0.2) is 13.8 Å². The van der Waals surface area contributed by atoms with Gasteiger partial charge in [0.15, 0.2) is 11.6 Å². The minimum absolute atomic E-state index is 0.164. The minimum Gasteiger partial charge on any atom is -0.316 e. The van der Waals surface area contributed by atoms with Gasteiger partial charge in [-0.1, -0.05) is 6.07 Å². The predicted octanol–water partition coefficient (Wildman–Crippen LogP) is 5.29. The number of alkyl halides is 1.